The molecule has 36 heavy (non-hydrogen) atoms. The van der Waals surface area contributed by atoms with Crippen molar-refractivity contribution in [1.29, 1.82) is 0 Å². The monoisotopic (exact) mass is 479 g/mol. The Balaban J connectivity index is 1.48. The summed E-state index contributed by atoms with van der Waals surface area (Å²) in [6.45, 7) is 2.22. The van der Waals surface area contributed by atoms with Crippen LogP contribution in [0, 0.1) is 0 Å². The average Bonchev–Trinajstić information content (AvgIpc) is 3.61. The highest BCUT2D eigenvalue weighted by atomic mass is 16.5. The lowest BCUT2D eigenvalue weighted by Crippen LogP contribution is -2.37. The van der Waals surface area contributed by atoms with Crippen molar-refractivity contribution >= 4 is 22.7 Å². The second-order valence-electron chi connectivity index (χ2n) is 8.37. The Bertz CT molecular complexity index is 1560. The molecule has 11 nitrogen and oxygen atoms in total. The van der Waals surface area contributed by atoms with Crippen molar-refractivity contribution in [3.8, 4) is 0 Å². The second kappa shape index (κ2) is 9.02. The number of anilines is 1. The summed E-state index contributed by atoms with van der Waals surface area (Å²) in [5, 5.41) is 28.8. The smallest absolute Gasteiger partial charge is 0.338 e. The number of tetrazole rings is 2. The number of H-pyrrole nitrogens is 1. The molecule has 11 heteroatoms. The number of hydrogen-bond donors (Lipinski definition) is 1. The fourth-order valence-electron chi connectivity index (χ4n) is 4.57. The Morgan fingerprint density at radius 3 is 2.64 bits per heavy atom. The maximum Gasteiger partial charge on any atom is 0.338 e. The van der Waals surface area contributed by atoms with Crippen molar-refractivity contribution in [1.82, 2.24) is 40.8 Å². The zero-order valence-electron chi connectivity index (χ0n) is 19.3. The molecule has 1 aliphatic heterocycles. The minimum absolute atomic E-state index is 0.145. The molecule has 0 spiro atoms. The van der Waals surface area contributed by atoms with E-state index in [0.717, 1.165) is 21.9 Å². The van der Waals surface area contributed by atoms with Gasteiger partial charge in [-0.3, -0.25) is 0 Å². The van der Waals surface area contributed by atoms with Crippen LogP contribution < -0.4 is 4.90 Å². The quantitative estimate of drug-likeness (QED) is 0.366. The fourth-order valence-corrected chi connectivity index (χ4v) is 4.57. The van der Waals surface area contributed by atoms with Crippen LogP contribution in [0.25, 0.3) is 10.8 Å². The minimum Gasteiger partial charge on any atom is -0.457 e. The van der Waals surface area contributed by atoms with E-state index in [1.807, 2.05) is 79.7 Å². The topological polar surface area (TPSA) is 128 Å². The van der Waals surface area contributed by atoms with E-state index < -0.39 is 12.0 Å². The van der Waals surface area contributed by atoms with Gasteiger partial charge in [-0.15, -0.1) is 10.2 Å². The summed E-state index contributed by atoms with van der Waals surface area (Å²) in [5.41, 5.74) is 2.88. The lowest BCUT2D eigenvalue weighted by Gasteiger charge is -2.34. The third-order valence-electron chi connectivity index (χ3n) is 6.27. The number of nitrogens with zero attached hydrogens (tertiary/aromatic N) is 8. The number of carbonyl (C=O) groups is 1. The van der Waals surface area contributed by atoms with E-state index in [1.54, 1.807) is 9.58 Å². The van der Waals surface area contributed by atoms with Gasteiger partial charge < -0.3 is 9.64 Å². The van der Waals surface area contributed by atoms with Crippen LogP contribution in [0.1, 0.15) is 29.9 Å². The van der Waals surface area contributed by atoms with E-state index in [-0.39, 0.29) is 13.2 Å². The molecular weight excluding hydrogens is 458 g/mol. The first-order valence-corrected chi connectivity index (χ1v) is 11.4. The van der Waals surface area contributed by atoms with Crippen LogP contribution in [-0.2, 0) is 22.7 Å². The molecule has 178 valence electrons. The van der Waals surface area contributed by atoms with Gasteiger partial charge in [0.25, 0.3) is 5.95 Å². The summed E-state index contributed by atoms with van der Waals surface area (Å²) in [5.74, 6) is 0.452. The van der Waals surface area contributed by atoms with Crippen molar-refractivity contribution in [3.05, 3.63) is 101 Å². The first kappa shape index (κ1) is 21.6. The van der Waals surface area contributed by atoms with Gasteiger partial charge in [0, 0.05) is 5.70 Å². The highest BCUT2D eigenvalue weighted by Crippen LogP contribution is 2.41. The molecule has 0 amide bonds. The van der Waals surface area contributed by atoms with Crippen LogP contribution in [0.5, 0.6) is 0 Å². The third-order valence-corrected chi connectivity index (χ3v) is 6.27. The van der Waals surface area contributed by atoms with Crippen LogP contribution in [0.3, 0.4) is 0 Å². The normalized spacial score (nSPS) is 15.2. The Morgan fingerprint density at radius 1 is 1.00 bits per heavy atom. The Kier molecular flexibility index (Phi) is 5.41. The van der Waals surface area contributed by atoms with E-state index in [9.17, 15) is 4.79 Å². The molecule has 1 aliphatic rings. The zero-order chi connectivity index (χ0) is 24.5. The third kappa shape index (κ3) is 3.76. The SMILES string of the molecule is CC1=C(C(=O)OCc2ccccc2)C(c2cccc3ccccc23)n2nnnc2N1Cc1nn[nH]n1. The molecular formula is C25H21N9O2. The van der Waals surface area contributed by atoms with E-state index in [2.05, 4.69) is 36.1 Å². The van der Waals surface area contributed by atoms with Gasteiger partial charge in [0.1, 0.15) is 12.6 Å². The predicted octanol–water partition coefficient (Wildman–Crippen LogP) is 2.97. The molecule has 0 fully saturated rings. The maximum atomic E-state index is 13.7. The molecule has 0 radical (unpaired) electrons. The molecule has 3 heterocycles. The number of nitrogens with one attached hydrogen (secondary N) is 1. The molecule has 1 N–H and O–H groups in total. The zero-order valence-corrected chi connectivity index (χ0v) is 19.3. The first-order valence-electron chi connectivity index (χ1n) is 11.4. The van der Waals surface area contributed by atoms with E-state index in [4.69, 9.17) is 4.74 Å². The van der Waals surface area contributed by atoms with Gasteiger partial charge in [-0.05, 0) is 39.2 Å². The number of carbonyl (C=O) groups excluding carboxylic acids is 1. The van der Waals surface area contributed by atoms with Crippen LogP contribution in [0.15, 0.2) is 84.1 Å². The molecule has 6 rings (SSSR count). The standard InChI is InChI=1S/C25H21N9O2/c1-16-22(24(35)36-15-17-8-3-2-4-9-17)23(20-13-7-11-18-10-5-6-12-19(18)20)34-25(28-31-32-34)33(16)14-21-26-29-30-27-21/h2-13,23H,14-15H2,1H3,(H,26,27,29,30). The predicted molar refractivity (Wildman–Crippen MR) is 129 cm³/mol. The highest BCUT2D eigenvalue weighted by molar-refractivity contribution is 5.95. The van der Waals surface area contributed by atoms with Crippen LogP contribution >= 0.6 is 0 Å². The van der Waals surface area contributed by atoms with Gasteiger partial charge >= 0.3 is 5.97 Å². The van der Waals surface area contributed by atoms with Crippen LogP contribution in [-0.4, -0.2) is 46.8 Å². The molecule has 2 aromatic heterocycles. The maximum absolute atomic E-state index is 13.7. The van der Waals surface area contributed by atoms with Gasteiger partial charge in [-0.1, -0.05) is 83.1 Å². The van der Waals surface area contributed by atoms with E-state index in [0.29, 0.717) is 23.0 Å². The summed E-state index contributed by atoms with van der Waals surface area (Å²) in [6, 6.07) is 23.0. The summed E-state index contributed by atoms with van der Waals surface area (Å²) in [7, 11) is 0. The largest absolute Gasteiger partial charge is 0.457 e. The Labute approximate surface area is 205 Å². The fraction of sp³-hybridized carbons (Fsp3) is 0.160. The highest BCUT2D eigenvalue weighted by Gasteiger charge is 2.39. The Hall–Kier alpha value is -4.93. The molecule has 5 aromatic rings. The van der Waals surface area contributed by atoms with Crippen molar-refractivity contribution in [2.45, 2.75) is 26.1 Å². The molecule has 1 unspecified atom stereocenters. The van der Waals surface area contributed by atoms with Crippen molar-refractivity contribution in [3.63, 3.8) is 0 Å². The summed E-state index contributed by atoms with van der Waals surface area (Å²) >= 11 is 0. The van der Waals surface area contributed by atoms with Crippen molar-refractivity contribution in [2.75, 3.05) is 4.90 Å². The number of rotatable bonds is 6. The summed E-state index contributed by atoms with van der Waals surface area (Å²) in [6.07, 6.45) is 0. The van der Waals surface area contributed by atoms with Gasteiger partial charge in [0.2, 0.25) is 0 Å². The number of hydrogen-bond acceptors (Lipinski definition) is 9. The minimum atomic E-state index is -0.592. The molecule has 3 aromatic carbocycles. The number of aromatic nitrogens is 8. The van der Waals surface area contributed by atoms with Crippen LogP contribution in [0.2, 0.25) is 0 Å². The first-order chi connectivity index (χ1) is 17.7. The number of allylic oxidation sites excluding steroid dienone is 1. The van der Waals surface area contributed by atoms with Crippen LogP contribution in [0.4, 0.5) is 5.95 Å². The molecule has 0 saturated heterocycles. The lowest BCUT2D eigenvalue weighted by atomic mass is 9.91. The number of ether oxygens (including phenoxy) is 1. The van der Waals surface area contributed by atoms with E-state index in [1.165, 1.54) is 0 Å². The number of esters is 1. The van der Waals surface area contributed by atoms with Gasteiger partial charge in [-0.25, -0.2) is 4.79 Å². The number of benzene rings is 3. The summed E-state index contributed by atoms with van der Waals surface area (Å²) in [4.78, 5) is 15.5. The van der Waals surface area contributed by atoms with Crippen molar-refractivity contribution in [2.24, 2.45) is 0 Å². The Morgan fingerprint density at radius 2 is 1.81 bits per heavy atom. The summed E-state index contributed by atoms with van der Waals surface area (Å²) < 4.78 is 7.47. The van der Waals surface area contributed by atoms with Gasteiger partial charge in [0.15, 0.2) is 5.82 Å². The average molecular weight is 480 g/mol. The molecule has 1 atom stereocenters. The second-order valence-corrected chi connectivity index (χ2v) is 8.37. The van der Waals surface area contributed by atoms with Crippen molar-refractivity contribution < 1.29 is 9.53 Å². The number of fused-ring (bicyclic) bond motifs is 2. The lowest BCUT2D eigenvalue weighted by molar-refractivity contribution is -0.140. The molecule has 0 bridgehead atoms. The van der Waals surface area contributed by atoms with E-state index >= 15 is 0 Å². The molecule has 0 aliphatic carbocycles. The van der Waals surface area contributed by atoms with Gasteiger partial charge in [0.05, 0.1) is 12.1 Å². The van der Waals surface area contributed by atoms with Gasteiger partial charge in [-0.2, -0.15) is 9.90 Å². The number of aromatic amines is 1. The molecule has 0 saturated carbocycles.